The van der Waals surface area contributed by atoms with E-state index in [9.17, 15) is 0 Å². The van der Waals surface area contributed by atoms with E-state index >= 15 is 0 Å². The Hall–Kier alpha value is -2.32. The van der Waals surface area contributed by atoms with Gasteiger partial charge in [-0.3, -0.25) is 4.48 Å². The molecule has 0 unspecified atom stereocenters. The molecule has 29 heavy (non-hydrogen) atoms. The molecule has 1 nitrogen and oxygen atoms in total. The molecule has 0 aliphatic rings. The minimum absolute atomic E-state index is 0.227. The van der Waals surface area contributed by atoms with Gasteiger partial charge in [-0.2, -0.15) is 0 Å². The van der Waals surface area contributed by atoms with Crippen LogP contribution < -0.4 is 20.9 Å². The Morgan fingerprint density at radius 3 is 1.34 bits per heavy atom. The molecule has 0 saturated carbocycles. The maximum atomic E-state index is 2.34. The zero-order chi connectivity index (χ0) is 21.5. The van der Waals surface area contributed by atoms with Gasteiger partial charge in [0.2, 0.25) is 6.71 Å². The number of benzene rings is 3. The fourth-order valence-corrected chi connectivity index (χ4v) is 5.09. The van der Waals surface area contributed by atoms with Crippen LogP contribution in [0.25, 0.3) is 0 Å². The summed E-state index contributed by atoms with van der Waals surface area (Å²) >= 11 is 0. The molecule has 0 amide bonds. The van der Waals surface area contributed by atoms with Crippen LogP contribution in [0.5, 0.6) is 0 Å². The molecule has 0 heterocycles. The summed E-state index contributed by atoms with van der Waals surface area (Å²) < 4.78 is 0.806. The van der Waals surface area contributed by atoms with Crippen LogP contribution in [0, 0.1) is 41.5 Å². The van der Waals surface area contributed by atoms with E-state index in [1.807, 2.05) is 0 Å². The van der Waals surface area contributed by atoms with Crippen molar-refractivity contribution in [2.45, 2.75) is 41.5 Å². The molecule has 3 aromatic carbocycles. The summed E-state index contributed by atoms with van der Waals surface area (Å²) in [6, 6.07) is 18.3. The van der Waals surface area contributed by atoms with E-state index < -0.39 is 0 Å². The van der Waals surface area contributed by atoms with Gasteiger partial charge in [0.15, 0.2) is 0 Å². The van der Waals surface area contributed by atoms with Crippen molar-refractivity contribution >= 4 is 28.8 Å². The highest BCUT2D eigenvalue weighted by molar-refractivity contribution is 6.97. The molecule has 0 spiro atoms. The number of quaternary nitrogens is 1. The zero-order valence-corrected chi connectivity index (χ0v) is 19.6. The van der Waals surface area contributed by atoms with Crippen molar-refractivity contribution in [2.24, 2.45) is 0 Å². The largest absolute Gasteiger partial charge is 0.299 e. The van der Waals surface area contributed by atoms with Crippen molar-refractivity contribution in [3.63, 3.8) is 0 Å². The zero-order valence-electron chi connectivity index (χ0n) is 19.6. The summed E-state index contributed by atoms with van der Waals surface area (Å²) in [5.41, 5.74) is 13.9. The summed E-state index contributed by atoms with van der Waals surface area (Å²) in [6.45, 7) is 13.7. The molecule has 2 heteroatoms. The van der Waals surface area contributed by atoms with Crippen LogP contribution in [-0.2, 0) is 0 Å². The van der Waals surface area contributed by atoms with Crippen molar-refractivity contribution < 1.29 is 0 Å². The molecule has 150 valence electrons. The summed E-state index contributed by atoms with van der Waals surface area (Å²) in [4.78, 5) is 0. The topological polar surface area (TPSA) is 0 Å². The van der Waals surface area contributed by atoms with Crippen LogP contribution in [0.1, 0.15) is 33.4 Å². The van der Waals surface area contributed by atoms with Gasteiger partial charge in [-0.05, 0) is 53.1 Å². The average molecular weight is 384 g/mol. The van der Waals surface area contributed by atoms with Crippen molar-refractivity contribution in [1.29, 1.82) is 0 Å². The molecule has 0 N–H and O–H groups in total. The molecule has 0 aliphatic heterocycles. The highest BCUT2D eigenvalue weighted by atomic mass is 15.3. The van der Waals surface area contributed by atoms with E-state index in [0.717, 1.165) is 4.48 Å². The Kier molecular flexibility index (Phi) is 5.78. The molecule has 3 rings (SSSR count). The Labute approximate surface area is 178 Å². The van der Waals surface area contributed by atoms with Crippen molar-refractivity contribution in [1.82, 2.24) is 4.48 Å². The second-order valence-corrected chi connectivity index (χ2v) is 9.63. The third-order valence-electron chi connectivity index (χ3n) is 6.02. The van der Waals surface area contributed by atoms with Crippen molar-refractivity contribution in [3.8, 4) is 0 Å². The quantitative estimate of drug-likeness (QED) is 0.466. The second kappa shape index (κ2) is 7.84. The molecular formula is C27H35BN+. The van der Waals surface area contributed by atoms with Gasteiger partial charge in [0.05, 0.1) is 21.1 Å². The average Bonchev–Trinajstić information content (AvgIpc) is 2.58. The Morgan fingerprint density at radius 1 is 0.586 bits per heavy atom. The van der Waals surface area contributed by atoms with Gasteiger partial charge in [-0.1, -0.05) is 86.8 Å². The summed E-state index contributed by atoms with van der Waals surface area (Å²) in [5, 5.41) is 0. The first kappa shape index (κ1) is 21.4. The first-order chi connectivity index (χ1) is 13.5. The van der Waals surface area contributed by atoms with Gasteiger partial charge in [-0.15, -0.1) is 0 Å². The smallest absolute Gasteiger partial charge is 0.250 e. The number of hydrogen-bond donors (Lipinski definition) is 0. The highest BCUT2D eigenvalue weighted by Crippen LogP contribution is 2.18. The normalized spacial score (nSPS) is 11.6. The maximum Gasteiger partial charge on any atom is 0.250 e. The van der Waals surface area contributed by atoms with Gasteiger partial charge in [-0.25, -0.2) is 0 Å². The van der Waals surface area contributed by atoms with Crippen LogP contribution in [0.15, 0.2) is 48.5 Å². The third kappa shape index (κ3) is 4.18. The predicted octanol–water partition coefficient (Wildman–Crippen LogP) is 4.25. The Morgan fingerprint density at radius 2 is 0.966 bits per heavy atom. The highest BCUT2D eigenvalue weighted by Gasteiger charge is 2.33. The van der Waals surface area contributed by atoms with E-state index in [-0.39, 0.29) is 6.71 Å². The van der Waals surface area contributed by atoms with Crippen LogP contribution in [0.3, 0.4) is 0 Å². The molecule has 0 aromatic heterocycles. The molecule has 3 aromatic rings. The number of hydrogen-bond acceptors (Lipinski definition) is 0. The van der Waals surface area contributed by atoms with Crippen molar-refractivity contribution in [2.75, 3.05) is 21.1 Å². The van der Waals surface area contributed by atoms with Crippen LogP contribution in [0.4, 0.5) is 5.69 Å². The SMILES string of the molecule is Cc1cc(C)c(B(c2ccccc2[N+](C)(C)C)c2c(C)cc(C)cc2C)c(C)c1. The van der Waals surface area contributed by atoms with Gasteiger partial charge in [0.25, 0.3) is 0 Å². The molecule has 0 aliphatic carbocycles. The molecule has 0 radical (unpaired) electrons. The van der Waals surface area contributed by atoms with E-state index in [1.165, 1.54) is 55.5 Å². The van der Waals surface area contributed by atoms with Crippen LogP contribution in [-0.4, -0.2) is 27.9 Å². The fraction of sp³-hybridized carbons (Fsp3) is 0.333. The number of para-hydroxylation sites is 1. The van der Waals surface area contributed by atoms with Gasteiger partial charge < -0.3 is 0 Å². The first-order valence-corrected chi connectivity index (χ1v) is 10.6. The lowest BCUT2D eigenvalue weighted by atomic mass is 9.33. The van der Waals surface area contributed by atoms with E-state index in [0.29, 0.717) is 0 Å². The fourth-order valence-electron chi connectivity index (χ4n) is 5.09. The lowest BCUT2D eigenvalue weighted by Crippen LogP contribution is -2.58. The number of aryl methyl sites for hydroxylation is 6. The van der Waals surface area contributed by atoms with E-state index in [1.54, 1.807) is 0 Å². The summed E-state index contributed by atoms with van der Waals surface area (Å²) in [7, 11) is 6.79. The number of rotatable bonds is 4. The minimum Gasteiger partial charge on any atom is -0.299 e. The van der Waals surface area contributed by atoms with Crippen LogP contribution in [0.2, 0.25) is 0 Å². The monoisotopic (exact) mass is 384 g/mol. The lowest BCUT2D eigenvalue weighted by molar-refractivity contribution is 0.489. The summed E-state index contributed by atoms with van der Waals surface area (Å²) in [5.74, 6) is 0. The van der Waals surface area contributed by atoms with E-state index in [2.05, 4.69) is 111 Å². The molecule has 0 bridgehead atoms. The minimum atomic E-state index is 0.227. The maximum absolute atomic E-state index is 2.34. The lowest BCUT2D eigenvalue weighted by Gasteiger charge is -2.31. The standard InChI is InChI=1S/C27H35BN/c1-18-14-20(3)26(21(4)15-18)28(27-22(5)16-19(2)17-23(27)6)24-12-10-11-13-25(24)29(7,8)9/h10-17H,1-9H3/q+1. The van der Waals surface area contributed by atoms with Gasteiger partial charge >= 0.3 is 0 Å². The number of nitrogens with zero attached hydrogens (tertiary/aromatic N) is 1. The van der Waals surface area contributed by atoms with Gasteiger partial charge in [0.1, 0.15) is 5.69 Å². The molecule has 0 saturated heterocycles. The molecular weight excluding hydrogens is 349 g/mol. The van der Waals surface area contributed by atoms with Crippen molar-refractivity contribution in [3.05, 3.63) is 81.9 Å². The first-order valence-electron chi connectivity index (χ1n) is 10.6. The summed E-state index contributed by atoms with van der Waals surface area (Å²) in [6.07, 6.45) is 0. The second-order valence-electron chi connectivity index (χ2n) is 9.63. The molecule has 0 fully saturated rings. The van der Waals surface area contributed by atoms with Crippen LogP contribution >= 0.6 is 0 Å². The van der Waals surface area contributed by atoms with E-state index in [4.69, 9.17) is 0 Å². The predicted molar refractivity (Wildman–Crippen MR) is 132 cm³/mol. The Bertz CT molecular complexity index is 953. The Balaban J connectivity index is 2.44. The van der Waals surface area contributed by atoms with Gasteiger partial charge in [0, 0.05) is 0 Å². The third-order valence-corrected chi connectivity index (χ3v) is 6.02. The molecule has 0 atom stereocenters.